The summed E-state index contributed by atoms with van der Waals surface area (Å²) >= 11 is 0. The Balaban J connectivity index is 1.59. The highest BCUT2D eigenvalue weighted by Crippen LogP contribution is 2.23. The van der Waals surface area contributed by atoms with Crippen molar-refractivity contribution in [1.82, 2.24) is 24.1 Å². The Morgan fingerprint density at radius 1 is 0.818 bits per heavy atom. The molecule has 0 N–H and O–H groups in total. The molecular weight excluding hydrogens is 424 g/mol. The van der Waals surface area contributed by atoms with E-state index in [1.165, 1.54) is 10.6 Å². The highest BCUT2D eigenvalue weighted by atomic mass is 19.2. The number of benzene rings is 2. The zero-order chi connectivity index (χ0) is 23.1. The topological polar surface area (TPSA) is 57.6 Å². The van der Waals surface area contributed by atoms with Crippen LogP contribution in [0.2, 0.25) is 0 Å². The van der Waals surface area contributed by atoms with Gasteiger partial charge in [-0.1, -0.05) is 18.2 Å². The molecule has 0 spiro atoms. The number of nitrogens with zero attached hydrogens (tertiary/aromatic N) is 5. The van der Waals surface area contributed by atoms with Gasteiger partial charge >= 0.3 is 0 Å². The maximum atomic E-state index is 13.4. The van der Waals surface area contributed by atoms with Crippen LogP contribution in [0.5, 0.6) is 0 Å². The first kappa shape index (κ1) is 20.6. The second-order valence-corrected chi connectivity index (χ2v) is 7.72. The van der Waals surface area contributed by atoms with Crippen LogP contribution in [-0.4, -0.2) is 24.1 Å². The molecule has 0 aliphatic rings. The second-order valence-electron chi connectivity index (χ2n) is 7.72. The van der Waals surface area contributed by atoms with E-state index < -0.39 is 11.6 Å². The Morgan fingerprint density at radius 2 is 1.55 bits per heavy atom. The summed E-state index contributed by atoms with van der Waals surface area (Å²) in [6, 6.07) is 18.2. The fourth-order valence-electron chi connectivity index (χ4n) is 3.76. The van der Waals surface area contributed by atoms with E-state index in [2.05, 4.69) is 10.2 Å². The first-order valence-corrected chi connectivity index (χ1v) is 10.3. The minimum Gasteiger partial charge on any atom is -0.318 e. The Labute approximate surface area is 188 Å². The zero-order valence-corrected chi connectivity index (χ0v) is 17.9. The third kappa shape index (κ3) is 3.76. The molecule has 0 unspecified atom stereocenters. The van der Waals surface area contributed by atoms with Crippen LogP contribution in [0.25, 0.3) is 28.5 Å². The summed E-state index contributed by atoms with van der Waals surface area (Å²) in [5.41, 5.74) is 4.37. The molecule has 0 aliphatic heterocycles. The lowest BCUT2D eigenvalue weighted by Crippen LogP contribution is -2.15. The molecule has 3 heterocycles. The van der Waals surface area contributed by atoms with Crippen LogP contribution in [0.4, 0.5) is 8.78 Å². The van der Waals surface area contributed by atoms with Crippen LogP contribution < -0.4 is 5.43 Å². The molecular formula is C25H19F2N5O. The fourth-order valence-corrected chi connectivity index (χ4v) is 3.76. The maximum Gasteiger partial charge on any atom is 0.209 e. The Hall–Kier alpha value is -4.33. The number of para-hydroxylation sites is 1. The van der Waals surface area contributed by atoms with Gasteiger partial charge in [0.15, 0.2) is 17.3 Å². The van der Waals surface area contributed by atoms with Crippen LogP contribution >= 0.6 is 0 Å². The van der Waals surface area contributed by atoms with Gasteiger partial charge in [-0.15, -0.1) is 0 Å². The molecule has 8 heteroatoms. The van der Waals surface area contributed by atoms with E-state index in [0.717, 1.165) is 35.0 Å². The summed E-state index contributed by atoms with van der Waals surface area (Å²) in [6.45, 7) is 3.73. The number of rotatable bonds is 4. The highest BCUT2D eigenvalue weighted by Gasteiger charge is 2.16. The van der Waals surface area contributed by atoms with Gasteiger partial charge in [0.25, 0.3) is 0 Å². The molecule has 0 radical (unpaired) electrons. The molecule has 5 rings (SSSR count). The number of hydrogen-bond acceptors (Lipinski definition) is 3. The lowest BCUT2D eigenvalue weighted by molar-refractivity contribution is 0.516. The van der Waals surface area contributed by atoms with Crippen LogP contribution in [0, 0.1) is 25.5 Å². The van der Waals surface area contributed by atoms with E-state index in [9.17, 15) is 13.6 Å². The van der Waals surface area contributed by atoms with Gasteiger partial charge in [-0.25, -0.2) is 18.1 Å². The zero-order valence-electron chi connectivity index (χ0n) is 17.9. The van der Waals surface area contributed by atoms with Crippen molar-refractivity contribution in [2.75, 3.05) is 0 Å². The monoisotopic (exact) mass is 443 g/mol. The number of aryl methyl sites for hydroxylation is 2. The summed E-state index contributed by atoms with van der Waals surface area (Å²) in [6.07, 6.45) is 3.78. The minimum absolute atomic E-state index is 0.226. The second kappa shape index (κ2) is 7.98. The summed E-state index contributed by atoms with van der Waals surface area (Å²) in [5, 5.41) is 9.15. The first-order chi connectivity index (χ1) is 15.9. The van der Waals surface area contributed by atoms with Crippen molar-refractivity contribution >= 4 is 0 Å². The number of aromatic nitrogens is 5. The number of hydrogen-bond donors (Lipinski definition) is 0. The number of halogens is 2. The van der Waals surface area contributed by atoms with E-state index >= 15 is 0 Å². The minimum atomic E-state index is -0.909. The quantitative estimate of drug-likeness (QED) is 0.402. The largest absolute Gasteiger partial charge is 0.318 e. The molecule has 164 valence electrons. The van der Waals surface area contributed by atoms with Crippen molar-refractivity contribution in [3.8, 4) is 28.5 Å². The molecule has 0 bridgehead atoms. The average Bonchev–Trinajstić information content (AvgIpc) is 3.36. The molecule has 0 fully saturated rings. The maximum absolute atomic E-state index is 13.4. The van der Waals surface area contributed by atoms with Crippen molar-refractivity contribution in [2.45, 2.75) is 13.8 Å². The molecule has 6 nitrogen and oxygen atoms in total. The average molecular weight is 443 g/mol. The van der Waals surface area contributed by atoms with Gasteiger partial charge in [0.2, 0.25) is 5.43 Å². The molecule has 2 aromatic carbocycles. The van der Waals surface area contributed by atoms with Crippen molar-refractivity contribution in [3.63, 3.8) is 0 Å². The third-order valence-corrected chi connectivity index (χ3v) is 5.34. The van der Waals surface area contributed by atoms with Gasteiger partial charge in [0, 0.05) is 30.3 Å². The normalized spacial score (nSPS) is 11.2. The standard InChI is InChI=1S/C25H19F2N5O/c1-16-12-19(30-14-20(26)21(27)15-30)8-9-22(16)31-11-10-24(33)25(29-31)23-13-17(2)28-32(23)18-6-4-3-5-7-18/h3-15H,1-2H3. The Bertz CT molecular complexity index is 1510. The first-order valence-electron chi connectivity index (χ1n) is 10.3. The predicted octanol–water partition coefficient (Wildman–Crippen LogP) is 4.77. The van der Waals surface area contributed by atoms with Gasteiger partial charge in [0.1, 0.15) is 0 Å². The lowest BCUT2D eigenvalue weighted by Gasteiger charge is -2.13. The van der Waals surface area contributed by atoms with Crippen LogP contribution in [0.15, 0.2) is 84.0 Å². The van der Waals surface area contributed by atoms with Crippen molar-refractivity contribution < 1.29 is 8.78 Å². The van der Waals surface area contributed by atoms with Gasteiger partial charge in [-0.2, -0.15) is 10.2 Å². The van der Waals surface area contributed by atoms with Gasteiger partial charge < -0.3 is 4.57 Å². The summed E-state index contributed by atoms with van der Waals surface area (Å²) < 4.78 is 31.5. The SMILES string of the molecule is Cc1cc(-c2nn(-c3ccc(-n4cc(F)c(F)c4)cc3C)ccc2=O)n(-c2ccccc2)n1. The fraction of sp³-hybridized carbons (Fsp3) is 0.0800. The Kier molecular flexibility index (Phi) is 4.97. The molecule has 0 amide bonds. The lowest BCUT2D eigenvalue weighted by atomic mass is 10.1. The molecule has 3 aromatic heterocycles. The van der Waals surface area contributed by atoms with Crippen LogP contribution in [0.1, 0.15) is 11.3 Å². The Morgan fingerprint density at radius 3 is 2.24 bits per heavy atom. The summed E-state index contributed by atoms with van der Waals surface area (Å²) in [4.78, 5) is 12.8. The van der Waals surface area contributed by atoms with Crippen LogP contribution in [0.3, 0.4) is 0 Å². The molecule has 0 saturated carbocycles. The van der Waals surface area contributed by atoms with E-state index in [1.807, 2.05) is 50.2 Å². The van der Waals surface area contributed by atoms with Gasteiger partial charge in [-0.3, -0.25) is 4.79 Å². The predicted molar refractivity (Wildman–Crippen MR) is 121 cm³/mol. The molecule has 5 aromatic rings. The van der Waals surface area contributed by atoms with Gasteiger partial charge in [-0.05, 0) is 55.8 Å². The third-order valence-electron chi connectivity index (χ3n) is 5.34. The smallest absolute Gasteiger partial charge is 0.209 e. The van der Waals surface area contributed by atoms with E-state index in [0.29, 0.717) is 11.4 Å². The summed E-state index contributed by atoms with van der Waals surface area (Å²) in [5.74, 6) is -1.82. The molecule has 0 atom stereocenters. The molecule has 33 heavy (non-hydrogen) atoms. The molecule has 0 saturated heterocycles. The van der Waals surface area contributed by atoms with Gasteiger partial charge in [0.05, 0.1) is 22.8 Å². The van der Waals surface area contributed by atoms with Crippen molar-refractivity contribution in [1.29, 1.82) is 0 Å². The van der Waals surface area contributed by atoms with E-state index in [-0.39, 0.29) is 11.1 Å². The summed E-state index contributed by atoms with van der Waals surface area (Å²) in [7, 11) is 0. The molecule has 0 aliphatic carbocycles. The van der Waals surface area contributed by atoms with Crippen LogP contribution in [-0.2, 0) is 0 Å². The highest BCUT2D eigenvalue weighted by molar-refractivity contribution is 5.58. The van der Waals surface area contributed by atoms with E-state index in [4.69, 9.17) is 0 Å². The van der Waals surface area contributed by atoms with Crippen molar-refractivity contribution in [3.05, 3.63) is 112 Å². The van der Waals surface area contributed by atoms with Crippen molar-refractivity contribution in [2.24, 2.45) is 0 Å². The van der Waals surface area contributed by atoms with E-state index in [1.54, 1.807) is 33.8 Å².